The van der Waals surface area contributed by atoms with Crippen LogP contribution in [0.4, 0.5) is 5.69 Å². The van der Waals surface area contributed by atoms with Crippen LogP contribution in [0.3, 0.4) is 0 Å². The second kappa shape index (κ2) is 6.02. The molecule has 0 radical (unpaired) electrons. The van der Waals surface area contributed by atoms with Gasteiger partial charge in [-0.1, -0.05) is 0 Å². The molecule has 3 rings (SSSR count). The zero-order valence-corrected chi connectivity index (χ0v) is 12.9. The van der Waals surface area contributed by atoms with E-state index in [4.69, 9.17) is 4.74 Å². The fourth-order valence-corrected chi connectivity index (χ4v) is 2.29. The minimum Gasteiger partial charge on any atom is -0.462 e. The van der Waals surface area contributed by atoms with E-state index in [1.807, 2.05) is 20.8 Å². The Hall–Kier alpha value is -1.99. The number of nitrogens with zero attached hydrogens (tertiary/aromatic N) is 2. The molecule has 120 valence electrons. The average molecular weight is 308 g/mol. The molecule has 7 nitrogen and oxygen atoms in total. The molecular formula is C15H20N2O5. The summed E-state index contributed by atoms with van der Waals surface area (Å²) in [6.45, 7) is 8.53. The van der Waals surface area contributed by atoms with E-state index in [1.54, 1.807) is 12.1 Å². The van der Waals surface area contributed by atoms with E-state index in [0.717, 1.165) is 25.3 Å². The predicted octanol–water partition coefficient (Wildman–Crippen LogP) is 2.05. The van der Waals surface area contributed by atoms with Gasteiger partial charge >= 0.3 is 0 Å². The lowest BCUT2D eigenvalue weighted by molar-refractivity contribution is -0.384. The maximum Gasteiger partial charge on any atom is 0.293 e. The number of hydrogen-bond donors (Lipinski definition) is 0. The molecule has 22 heavy (non-hydrogen) atoms. The Kier molecular flexibility index (Phi) is 4.48. The van der Waals surface area contributed by atoms with E-state index in [0.29, 0.717) is 6.47 Å². The lowest BCUT2D eigenvalue weighted by Crippen LogP contribution is -2.17. The number of nitro groups is 1. The second-order valence-corrected chi connectivity index (χ2v) is 6.18. The van der Waals surface area contributed by atoms with Crippen molar-refractivity contribution in [3.8, 4) is 0 Å². The number of morpholine rings is 1. The molecule has 0 N–H and O–H groups in total. The SMILES string of the molecule is CC(C)(C)OC=O.O=[N+]([O-])c1ccc(C23CN2CCO3)cc1. The van der Waals surface area contributed by atoms with E-state index in [1.165, 1.54) is 12.1 Å². The molecule has 2 aliphatic heterocycles. The average Bonchev–Trinajstić information content (AvgIpc) is 3.00. The summed E-state index contributed by atoms with van der Waals surface area (Å²) < 4.78 is 10.2. The first-order chi connectivity index (χ1) is 10.3. The predicted molar refractivity (Wildman–Crippen MR) is 79.2 cm³/mol. The first kappa shape index (κ1) is 16.4. The second-order valence-electron chi connectivity index (χ2n) is 6.18. The van der Waals surface area contributed by atoms with Gasteiger partial charge in [-0.2, -0.15) is 0 Å². The van der Waals surface area contributed by atoms with Crippen molar-refractivity contribution in [3.63, 3.8) is 0 Å². The molecule has 2 heterocycles. The van der Waals surface area contributed by atoms with Gasteiger partial charge < -0.3 is 9.47 Å². The van der Waals surface area contributed by atoms with Crippen molar-refractivity contribution in [2.75, 3.05) is 19.7 Å². The number of benzene rings is 1. The van der Waals surface area contributed by atoms with Gasteiger partial charge in [-0.25, -0.2) is 0 Å². The van der Waals surface area contributed by atoms with E-state index in [2.05, 4.69) is 9.64 Å². The molecule has 7 heteroatoms. The van der Waals surface area contributed by atoms with Crippen molar-refractivity contribution in [2.45, 2.75) is 32.1 Å². The van der Waals surface area contributed by atoms with Crippen molar-refractivity contribution >= 4 is 12.2 Å². The van der Waals surface area contributed by atoms with Gasteiger partial charge in [-0.3, -0.25) is 19.8 Å². The first-order valence-corrected chi connectivity index (χ1v) is 7.04. The van der Waals surface area contributed by atoms with E-state index in [-0.39, 0.29) is 21.9 Å². The zero-order valence-electron chi connectivity index (χ0n) is 12.9. The Morgan fingerprint density at radius 1 is 1.36 bits per heavy atom. The monoisotopic (exact) mass is 308 g/mol. The van der Waals surface area contributed by atoms with Crippen LogP contribution in [0.25, 0.3) is 0 Å². The van der Waals surface area contributed by atoms with Crippen LogP contribution in [0.15, 0.2) is 24.3 Å². The van der Waals surface area contributed by atoms with Gasteiger partial charge in [0.05, 0.1) is 11.5 Å². The Bertz CT molecular complexity index is 552. The Labute approximate surface area is 129 Å². The molecule has 2 saturated heterocycles. The third kappa shape index (κ3) is 3.61. The fraction of sp³-hybridized carbons (Fsp3) is 0.533. The molecule has 2 fully saturated rings. The van der Waals surface area contributed by atoms with Gasteiger partial charge in [0, 0.05) is 30.8 Å². The molecular weight excluding hydrogens is 288 g/mol. The number of carbonyl (C=O) groups excluding carboxylic acids is 1. The number of non-ortho nitro benzene ring substituents is 1. The summed E-state index contributed by atoms with van der Waals surface area (Å²) in [5.74, 6) is 0. The van der Waals surface area contributed by atoms with Crippen molar-refractivity contribution < 1.29 is 19.2 Å². The highest BCUT2D eigenvalue weighted by atomic mass is 16.6. The minimum atomic E-state index is -0.387. The fourth-order valence-electron chi connectivity index (χ4n) is 2.29. The number of ether oxygens (including phenoxy) is 2. The van der Waals surface area contributed by atoms with Gasteiger partial charge in [-0.05, 0) is 32.9 Å². The van der Waals surface area contributed by atoms with E-state index < -0.39 is 0 Å². The third-order valence-electron chi connectivity index (χ3n) is 3.45. The lowest BCUT2D eigenvalue weighted by atomic mass is 10.1. The summed E-state index contributed by atoms with van der Waals surface area (Å²) in [7, 11) is 0. The Morgan fingerprint density at radius 2 is 2.00 bits per heavy atom. The summed E-state index contributed by atoms with van der Waals surface area (Å²) in [5, 5.41) is 10.5. The largest absolute Gasteiger partial charge is 0.462 e. The zero-order chi connectivity index (χ0) is 16.4. The van der Waals surface area contributed by atoms with Gasteiger partial charge in [0.2, 0.25) is 0 Å². The molecule has 1 aromatic carbocycles. The molecule has 0 aliphatic carbocycles. The quantitative estimate of drug-likeness (QED) is 0.368. The van der Waals surface area contributed by atoms with Gasteiger partial charge in [0.15, 0.2) is 5.72 Å². The first-order valence-electron chi connectivity index (χ1n) is 7.04. The van der Waals surface area contributed by atoms with Crippen LogP contribution < -0.4 is 0 Å². The van der Waals surface area contributed by atoms with Gasteiger partial charge in [0.25, 0.3) is 12.2 Å². The highest BCUT2D eigenvalue weighted by Gasteiger charge is 2.58. The summed E-state index contributed by atoms with van der Waals surface area (Å²) in [6.07, 6.45) is 0. The van der Waals surface area contributed by atoms with E-state index >= 15 is 0 Å². The van der Waals surface area contributed by atoms with Crippen LogP contribution in [0.5, 0.6) is 0 Å². The normalized spacial score (nSPS) is 25.5. The smallest absolute Gasteiger partial charge is 0.293 e. The molecule has 0 spiro atoms. The number of hydrogen-bond acceptors (Lipinski definition) is 6. The van der Waals surface area contributed by atoms with Crippen LogP contribution in [-0.4, -0.2) is 41.6 Å². The standard InChI is InChI=1S/C10H10N2O3.C5H10O2/c13-12(14)9-3-1-8(2-4-9)10-7-11(10)5-6-15-10;1-5(2,3)7-4-6/h1-4H,5-7H2;4H,1-3H3. The maximum absolute atomic E-state index is 10.5. The van der Waals surface area contributed by atoms with Gasteiger partial charge in [0.1, 0.15) is 5.60 Å². The van der Waals surface area contributed by atoms with Crippen LogP contribution >= 0.6 is 0 Å². The van der Waals surface area contributed by atoms with Crippen molar-refractivity contribution in [1.29, 1.82) is 0 Å². The number of nitro benzene ring substituents is 1. The summed E-state index contributed by atoms with van der Waals surface area (Å²) >= 11 is 0. The number of carbonyl (C=O) groups is 1. The molecule has 2 atom stereocenters. The Morgan fingerprint density at radius 3 is 2.32 bits per heavy atom. The van der Waals surface area contributed by atoms with Crippen LogP contribution in [-0.2, 0) is 20.0 Å². The van der Waals surface area contributed by atoms with E-state index in [9.17, 15) is 14.9 Å². The van der Waals surface area contributed by atoms with Crippen LogP contribution in [0.2, 0.25) is 0 Å². The topological polar surface area (TPSA) is 81.7 Å². The highest BCUT2D eigenvalue weighted by molar-refractivity contribution is 5.38. The van der Waals surface area contributed by atoms with Gasteiger partial charge in [-0.15, -0.1) is 0 Å². The third-order valence-corrected chi connectivity index (χ3v) is 3.45. The molecule has 1 aromatic rings. The lowest BCUT2D eigenvalue weighted by Gasteiger charge is -2.14. The van der Waals surface area contributed by atoms with Crippen molar-refractivity contribution in [2.24, 2.45) is 0 Å². The minimum absolute atomic E-state index is 0.125. The van der Waals surface area contributed by atoms with Crippen LogP contribution in [0, 0.1) is 10.1 Å². The summed E-state index contributed by atoms with van der Waals surface area (Å²) in [4.78, 5) is 21.9. The number of fused-ring (bicyclic) bond motifs is 1. The van der Waals surface area contributed by atoms with Crippen molar-refractivity contribution in [1.82, 2.24) is 4.90 Å². The molecule has 0 amide bonds. The maximum atomic E-state index is 10.5. The summed E-state index contributed by atoms with van der Waals surface area (Å²) in [5.41, 5.74) is 0.572. The summed E-state index contributed by atoms with van der Waals surface area (Å²) in [6, 6.07) is 6.62. The highest BCUT2D eigenvalue weighted by Crippen LogP contribution is 2.47. The van der Waals surface area contributed by atoms with Crippen LogP contribution in [0.1, 0.15) is 26.3 Å². The number of rotatable bonds is 3. The molecule has 2 aliphatic rings. The molecule has 2 unspecified atom stereocenters. The molecule has 0 saturated carbocycles. The molecule has 0 bridgehead atoms. The Balaban J connectivity index is 0.000000217. The molecule has 0 aromatic heterocycles. The van der Waals surface area contributed by atoms with Crippen molar-refractivity contribution in [3.05, 3.63) is 39.9 Å².